The van der Waals surface area contributed by atoms with E-state index in [4.69, 9.17) is 33.3 Å². The Morgan fingerprint density at radius 1 is 1.28 bits per heavy atom. The number of benzene rings is 2. The van der Waals surface area contributed by atoms with Gasteiger partial charge in [0, 0.05) is 16.7 Å². The van der Waals surface area contributed by atoms with Crippen molar-refractivity contribution >= 4 is 79.4 Å². The zero-order valence-electron chi connectivity index (χ0n) is 17.3. The number of thiocarbonyl (C=S) groups is 1. The lowest BCUT2D eigenvalue weighted by Crippen LogP contribution is -2.28. The van der Waals surface area contributed by atoms with Crippen LogP contribution in [0.2, 0.25) is 5.02 Å². The van der Waals surface area contributed by atoms with Crippen molar-refractivity contribution in [2.24, 2.45) is 0 Å². The summed E-state index contributed by atoms with van der Waals surface area (Å²) >= 11 is 15.9. The van der Waals surface area contributed by atoms with Crippen LogP contribution in [0.3, 0.4) is 0 Å². The maximum Gasteiger partial charge on any atom is 0.266 e. The second-order valence-corrected chi connectivity index (χ2v) is 9.65. The van der Waals surface area contributed by atoms with E-state index in [1.54, 1.807) is 47.4 Å². The molecule has 3 rings (SSSR count). The number of hydrogen-bond acceptors (Lipinski definition) is 6. The lowest BCUT2D eigenvalue weighted by atomic mass is 10.2. The first-order valence-electron chi connectivity index (χ1n) is 9.63. The van der Waals surface area contributed by atoms with Crippen LogP contribution in [0, 0.1) is 0 Å². The van der Waals surface area contributed by atoms with Crippen LogP contribution in [0.25, 0.3) is 6.08 Å². The van der Waals surface area contributed by atoms with E-state index in [0.717, 1.165) is 16.5 Å². The molecule has 1 heterocycles. The molecule has 10 heteroatoms. The number of hydrogen-bond donors (Lipinski definition) is 1. The summed E-state index contributed by atoms with van der Waals surface area (Å²) in [4.78, 5) is 26.9. The molecule has 2 aromatic rings. The number of ether oxygens (including phenoxy) is 2. The molecule has 32 heavy (non-hydrogen) atoms. The van der Waals surface area contributed by atoms with Crippen molar-refractivity contribution in [2.75, 3.05) is 25.6 Å². The summed E-state index contributed by atoms with van der Waals surface area (Å²) in [6.07, 6.45) is 2.60. The second-order valence-electron chi connectivity index (χ2n) is 6.71. The van der Waals surface area contributed by atoms with Gasteiger partial charge in [-0.3, -0.25) is 14.5 Å². The van der Waals surface area contributed by atoms with Crippen LogP contribution in [0.15, 0.2) is 45.8 Å². The summed E-state index contributed by atoms with van der Waals surface area (Å²) in [6.45, 7) is 2.39. The van der Waals surface area contributed by atoms with Gasteiger partial charge in [-0.15, -0.1) is 0 Å². The number of carbonyl (C=O) groups excluding carboxylic acids is 2. The number of rotatable bonds is 8. The van der Waals surface area contributed by atoms with Gasteiger partial charge in [0.1, 0.15) is 4.32 Å². The van der Waals surface area contributed by atoms with Gasteiger partial charge in [0.2, 0.25) is 0 Å². The zero-order valence-corrected chi connectivity index (χ0v) is 21.3. The average molecular weight is 556 g/mol. The first kappa shape index (κ1) is 24.6. The number of thioether (sulfide) groups is 1. The number of anilines is 1. The molecule has 0 spiro atoms. The third kappa shape index (κ3) is 6.04. The highest BCUT2D eigenvalue weighted by Gasteiger charge is 2.31. The van der Waals surface area contributed by atoms with Gasteiger partial charge in [-0.25, -0.2) is 0 Å². The van der Waals surface area contributed by atoms with Crippen LogP contribution in [0.1, 0.15) is 18.9 Å². The zero-order chi connectivity index (χ0) is 23.3. The molecule has 0 aromatic heterocycles. The van der Waals surface area contributed by atoms with E-state index in [-0.39, 0.29) is 18.4 Å². The van der Waals surface area contributed by atoms with Gasteiger partial charge >= 0.3 is 0 Å². The largest absolute Gasteiger partial charge is 0.493 e. The summed E-state index contributed by atoms with van der Waals surface area (Å²) in [7, 11) is 1.51. The van der Waals surface area contributed by atoms with Gasteiger partial charge in [-0.2, -0.15) is 0 Å². The van der Waals surface area contributed by atoms with Crippen LogP contribution in [0.4, 0.5) is 5.69 Å². The normalized spacial score (nSPS) is 14.8. The Balaban J connectivity index is 1.66. The molecule has 6 nitrogen and oxygen atoms in total. The summed E-state index contributed by atoms with van der Waals surface area (Å²) in [5.41, 5.74) is 1.33. The maximum atomic E-state index is 12.5. The van der Waals surface area contributed by atoms with Crippen molar-refractivity contribution in [2.45, 2.75) is 13.3 Å². The van der Waals surface area contributed by atoms with Crippen LogP contribution >= 0.6 is 51.5 Å². The topological polar surface area (TPSA) is 67.9 Å². The highest BCUT2D eigenvalue weighted by molar-refractivity contribution is 9.10. The molecular weight excluding hydrogens is 536 g/mol. The van der Waals surface area contributed by atoms with E-state index in [9.17, 15) is 9.59 Å². The molecule has 0 radical (unpaired) electrons. The molecule has 1 aliphatic heterocycles. The van der Waals surface area contributed by atoms with Crippen molar-refractivity contribution in [1.29, 1.82) is 0 Å². The minimum atomic E-state index is -0.339. The number of carbonyl (C=O) groups is 2. The number of nitrogens with one attached hydrogen (secondary N) is 1. The van der Waals surface area contributed by atoms with E-state index in [1.807, 2.05) is 6.92 Å². The lowest BCUT2D eigenvalue weighted by Gasteiger charge is -2.12. The van der Waals surface area contributed by atoms with E-state index in [0.29, 0.717) is 38.0 Å². The standard InChI is InChI=1S/C22H20BrClN2O4S2/c1-3-8-26-21(28)19(32-22(26)31)10-13-4-7-17(18(9-13)29-2)30-12-20(27)25-14-5-6-15(23)16(24)11-14/h4-7,9-11H,3,8,12H2,1-2H3,(H,25,27)/b19-10-. The fraction of sp³-hybridized carbons (Fsp3) is 0.227. The second kappa shape index (κ2) is 11.2. The Kier molecular flexibility index (Phi) is 8.58. The van der Waals surface area contributed by atoms with Gasteiger partial charge < -0.3 is 14.8 Å². The molecule has 0 aliphatic carbocycles. The van der Waals surface area contributed by atoms with Gasteiger partial charge in [-0.1, -0.05) is 48.6 Å². The van der Waals surface area contributed by atoms with Gasteiger partial charge in [0.15, 0.2) is 18.1 Å². The van der Waals surface area contributed by atoms with Crippen molar-refractivity contribution in [3.63, 3.8) is 0 Å². The monoisotopic (exact) mass is 554 g/mol. The number of methoxy groups -OCH3 is 1. The Bertz CT molecular complexity index is 1090. The molecule has 0 saturated carbocycles. The highest BCUT2D eigenvalue weighted by atomic mass is 79.9. The molecule has 0 bridgehead atoms. The average Bonchev–Trinajstić information content (AvgIpc) is 3.03. The summed E-state index contributed by atoms with van der Waals surface area (Å²) < 4.78 is 12.3. The lowest BCUT2D eigenvalue weighted by molar-refractivity contribution is -0.122. The first-order valence-corrected chi connectivity index (χ1v) is 12.0. The number of nitrogens with zero attached hydrogens (tertiary/aromatic N) is 1. The summed E-state index contributed by atoms with van der Waals surface area (Å²) in [5.74, 6) is 0.425. The minimum absolute atomic E-state index is 0.0918. The van der Waals surface area contributed by atoms with Crippen LogP contribution in [0.5, 0.6) is 11.5 Å². The predicted octanol–water partition coefficient (Wildman–Crippen LogP) is 5.74. The Labute approximate surface area is 209 Å². The number of amides is 2. The molecule has 168 valence electrons. The third-order valence-electron chi connectivity index (χ3n) is 4.37. The molecular formula is C22H20BrClN2O4S2. The molecule has 0 atom stereocenters. The van der Waals surface area contributed by atoms with Crippen LogP contribution in [-0.2, 0) is 9.59 Å². The SMILES string of the molecule is CCCN1C(=O)/C(=C/c2ccc(OCC(=O)Nc3ccc(Br)c(Cl)c3)c(OC)c2)SC1=S. The fourth-order valence-corrected chi connectivity index (χ4v) is 4.61. The fourth-order valence-electron chi connectivity index (χ4n) is 2.88. The maximum absolute atomic E-state index is 12.5. The molecule has 1 N–H and O–H groups in total. The predicted molar refractivity (Wildman–Crippen MR) is 136 cm³/mol. The Morgan fingerprint density at radius 2 is 2.06 bits per heavy atom. The highest BCUT2D eigenvalue weighted by Crippen LogP contribution is 2.35. The van der Waals surface area contributed by atoms with Crippen molar-refractivity contribution in [1.82, 2.24) is 4.90 Å². The van der Waals surface area contributed by atoms with Crippen LogP contribution in [-0.4, -0.2) is 41.3 Å². The van der Waals surface area contributed by atoms with E-state index < -0.39 is 0 Å². The van der Waals surface area contributed by atoms with Crippen LogP contribution < -0.4 is 14.8 Å². The van der Waals surface area contributed by atoms with Gasteiger partial charge in [0.05, 0.1) is 17.0 Å². The third-order valence-corrected chi connectivity index (χ3v) is 6.98. The van der Waals surface area contributed by atoms with Gasteiger partial charge in [-0.05, 0) is 64.3 Å². The summed E-state index contributed by atoms with van der Waals surface area (Å²) in [5, 5.41) is 3.22. The molecule has 2 aromatic carbocycles. The molecule has 1 saturated heterocycles. The van der Waals surface area contributed by atoms with Gasteiger partial charge in [0.25, 0.3) is 11.8 Å². The quantitative estimate of drug-likeness (QED) is 0.331. The first-order chi connectivity index (χ1) is 15.3. The van der Waals surface area contributed by atoms with Crippen molar-refractivity contribution < 1.29 is 19.1 Å². The number of halogens is 2. The Morgan fingerprint density at radius 3 is 2.75 bits per heavy atom. The van der Waals surface area contributed by atoms with E-state index in [1.165, 1.54) is 18.9 Å². The molecule has 1 aliphatic rings. The molecule has 0 unspecified atom stereocenters. The van der Waals surface area contributed by atoms with Crippen molar-refractivity contribution in [3.05, 3.63) is 56.4 Å². The van der Waals surface area contributed by atoms with Crippen molar-refractivity contribution in [3.8, 4) is 11.5 Å². The minimum Gasteiger partial charge on any atom is -0.493 e. The van der Waals surface area contributed by atoms with E-state index in [2.05, 4.69) is 21.2 Å². The summed E-state index contributed by atoms with van der Waals surface area (Å²) in [6, 6.07) is 10.3. The molecule has 1 fully saturated rings. The van der Waals surface area contributed by atoms with E-state index >= 15 is 0 Å². The smallest absolute Gasteiger partial charge is 0.266 e. The Hall–Kier alpha value is -2.07. The molecule has 2 amide bonds.